The van der Waals surface area contributed by atoms with E-state index in [0.717, 1.165) is 23.7 Å². The molecule has 1 fully saturated rings. The van der Waals surface area contributed by atoms with Crippen molar-refractivity contribution in [1.29, 1.82) is 0 Å². The Labute approximate surface area is 114 Å². The van der Waals surface area contributed by atoms with E-state index in [-0.39, 0.29) is 0 Å². The minimum Gasteiger partial charge on any atom is -0.397 e. The van der Waals surface area contributed by atoms with Crippen molar-refractivity contribution < 1.29 is 0 Å². The number of nitrogens with zero attached hydrogens (tertiary/aromatic N) is 2. The van der Waals surface area contributed by atoms with E-state index in [0.29, 0.717) is 0 Å². The molecule has 0 aliphatic heterocycles. The van der Waals surface area contributed by atoms with Crippen molar-refractivity contribution in [1.82, 2.24) is 4.98 Å². The van der Waals surface area contributed by atoms with Gasteiger partial charge in [0.25, 0.3) is 0 Å². The first-order valence-electron chi connectivity index (χ1n) is 7.17. The first-order chi connectivity index (χ1) is 9.29. The molecule has 3 rings (SSSR count). The van der Waals surface area contributed by atoms with Gasteiger partial charge in [0.2, 0.25) is 0 Å². The molecule has 100 valence electrons. The molecule has 1 aromatic heterocycles. The van der Waals surface area contributed by atoms with E-state index in [1.54, 1.807) is 0 Å². The number of hydrogen-bond acceptors (Lipinski definition) is 3. The van der Waals surface area contributed by atoms with Crippen molar-refractivity contribution in [2.45, 2.75) is 26.2 Å². The number of benzene rings is 1. The summed E-state index contributed by atoms with van der Waals surface area (Å²) in [4.78, 5) is 6.93. The van der Waals surface area contributed by atoms with E-state index >= 15 is 0 Å². The van der Waals surface area contributed by atoms with E-state index < -0.39 is 0 Å². The van der Waals surface area contributed by atoms with Crippen molar-refractivity contribution in [2.24, 2.45) is 5.92 Å². The van der Waals surface area contributed by atoms with E-state index in [1.165, 1.54) is 36.9 Å². The van der Waals surface area contributed by atoms with E-state index in [1.807, 2.05) is 18.3 Å². The molecular weight excluding hydrogens is 234 g/mol. The minimum atomic E-state index is 0.766. The molecule has 0 saturated heterocycles. The minimum absolute atomic E-state index is 0.766. The van der Waals surface area contributed by atoms with Crippen LogP contribution in [0.2, 0.25) is 0 Å². The molecule has 1 aromatic carbocycles. The zero-order chi connectivity index (χ0) is 13.2. The highest BCUT2D eigenvalue weighted by Crippen LogP contribution is 2.34. The average molecular weight is 255 g/mol. The molecule has 0 bridgehead atoms. The topological polar surface area (TPSA) is 42.2 Å². The molecule has 1 aliphatic carbocycles. The Kier molecular flexibility index (Phi) is 3.28. The third kappa shape index (κ3) is 2.50. The number of aromatic nitrogens is 1. The number of fused-ring (bicyclic) bond motifs is 1. The Hall–Kier alpha value is -1.77. The number of nitrogens with two attached hydrogens (primary N) is 1. The van der Waals surface area contributed by atoms with Gasteiger partial charge in [-0.2, -0.15) is 0 Å². The molecule has 2 aromatic rings. The monoisotopic (exact) mass is 255 g/mol. The van der Waals surface area contributed by atoms with Gasteiger partial charge in [-0.15, -0.1) is 0 Å². The van der Waals surface area contributed by atoms with Crippen LogP contribution in [0.15, 0.2) is 30.5 Å². The number of anilines is 2. The SMILES string of the molecule is CCCN(CC1CC1)c1ccnc2c(N)cccc12. The lowest BCUT2D eigenvalue weighted by molar-refractivity contribution is 0.710. The number of pyridine rings is 1. The van der Waals surface area contributed by atoms with Crippen LogP contribution in [0.4, 0.5) is 11.4 Å². The second-order valence-electron chi connectivity index (χ2n) is 5.46. The maximum absolute atomic E-state index is 6.03. The van der Waals surface area contributed by atoms with Gasteiger partial charge in [-0.25, -0.2) is 0 Å². The maximum atomic E-state index is 6.03. The van der Waals surface area contributed by atoms with Crippen molar-refractivity contribution in [3.05, 3.63) is 30.5 Å². The van der Waals surface area contributed by atoms with Gasteiger partial charge >= 0.3 is 0 Å². The standard InChI is InChI=1S/C16H21N3/c1-2-10-19(11-12-6-7-12)15-8-9-18-16-13(15)4-3-5-14(16)17/h3-5,8-9,12H,2,6-7,10-11,17H2,1H3. The van der Waals surface area contributed by atoms with Crippen LogP contribution in [0, 0.1) is 5.92 Å². The molecule has 3 nitrogen and oxygen atoms in total. The van der Waals surface area contributed by atoms with Crippen molar-refractivity contribution in [3.63, 3.8) is 0 Å². The molecule has 0 spiro atoms. The van der Waals surface area contributed by atoms with Crippen LogP contribution in [0.5, 0.6) is 0 Å². The lowest BCUT2D eigenvalue weighted by Crippen LogP contribution is -2.26. The third-order valence-electron chi connectivity index (χ3n) is 3.79. The Balaban J connectivity index is 2.03. The van der Waals surface area contributed by atoms with Gasteiger partial charge in [0, 0.05) is 30.4 Å². The van der Waals surface area contributed by atoms with E-state index in [4.69, 9.17) is 5.73 Å². The fourth-order valence-corrected chi connectivity index (χ4v) is 2.65. The zero-order valence-corrected chi connectivity index (χ0v) is 11.5. The third-order valence-corrected chi connectivity index (χ3v) is 3.79. The summed E-state index contributed by atoms with van der Waals surface area (Å²) in [6.45, 7) is 4.50. The molecule has 1 aliphatic rings. The number of hydrogen-bond donors (Lipinski definition) is 1. The molecule has 1 heterocycles. The van der Waals surface area contributed by atoms with E-state index in [9.17, 15) is 0 Å². The molecule has 0 radical (unpaired) electrons. The van der Waals surface area contributed by atoms with Gasteiger partial charge in [0.15, 0.2) is 0 Å². The molecule has 2 N–H and O–H groups in total. The summed E-state index contributed by atoms with van der Waals surface area (Å²) >= 11 is 0. The summed E-state index contributed by atoms with van der Waals surface area (Å²) in [5, 5.41) is 1.18. The summed E-state index contributed by atoms with van der Waals surface area (Å²) in [5.74, 6) is 0.885. The van der Waals surface area contributed by atoms with Gasteiger partial charge in [-0.3, -0.25) is 4.98 Å². The van der Waals surface area contributed by atoms with E-state index in [2.05, 4.69) is 28.9 Å². The van der Waals surface area contributed by atoms with Gasteiger partial charge in [0.05, 0.1) is 11.2 Å². The first kappa shape index (κ1) is 12.3. The summed E-state index contributed by atoms with van der Waals surface area (Å²) in [6, 6.07) is 8.19. The Morgan fingerprint density at radius 3 is 2.89 bits per heavy atom. The maximum Gasteiger partial charge on any atom is 0.0951 e. The average Bonchev–Trinajstić information content (AvgIpc) is 3.22. The van der Waals surface area contributed by atoms with Crippen LogP contribution in [0.3, 0.4) is 0 Å². The predicted molar refractivity (Wildman–Crippen MR) is 81.4 cm³/mol. The molecular formula is C16H21N3. The summed E-state index contributed by atoms with van der Waals surface area (Å²) in [6.07, 6.45) is 5.80. The quantitative estimate of drug-likeness (QED) is 0.832. The summed E-state index contributed by atoms with van der Waals surface area (Å²) in [7, 11) is 0. The van der Waals surface area contributed by atoms with Gasteiger partial charge < -0.3 is 10.6 Å². The lowest BCUT2D eigenvalue weighted by atomic mass is 10.1. The fourth-order valence-electron chi connectivity index (χ4n) is 2.65. The highest BCUT2D eigenvalue weighted by Gasteiger charge is 2.25. The number of rotatable bonds is 5. The normalized spacial score (nSPS) is 14.8. The van der Waals surface area contributed by atoms with Gasteiger partial charge in [0.1, 0.15) is 0 Å². The first-order valence-corrected chi connectivity index (χ1v) is 7.17. The second-order valence-corrected chi connectivity index (χ2v) is 5.46. The van der Waals surface area contributed by atoms with Crippen LogP contribution >= 0.6 is 0 Å². The second kappa shape index (κ2) is 5.08. The Morgan fingerprint density at radius 1 is 1.32 bits per heavy atom. The predicted octanol–water partition coefficient (Wildman–Crippen LogP) is 3.44. The van der Waals surface area contributed by atoms with Crippen LogP contribution in [0.25, 0.3) is 10.9 Å². The number of nitrogen functional groups attached to an aromatic ring is 1. The Morgan fingerprint density at radius 2 is 2.16 bits per heavy atom. The number of para-hydroxylation sites is 1. The lowest BCUT2D eigenvalue weighted by Gasteiger charge is -2.25. The smallest absolute Gasteiger partial charge is 0.0951 e. The summed E-state index contributed by atoms with van der Waals surface area (Å²) in [5.41, 5.74) is 9.01. The van der Waals surface area contributed by atoms with Crippen molar-refractivity contribution in [2.75, 3.05) is 23.7 Å². The summed E-state index contributed by atoms with van der Waals surface area (Å²) < 4.78 is 0. The molecule has 1 saturated carbocycles. The fraction of sp³-hybridized carbons (Fsp3) is 0.438. The van der Waals surface area contributed by atoms with Crippen LogP contribution in [0.1, 0.15) is 26.2 Å². The Bertz CT molecular complexity index is 575. The molecule has 0 unspecified atom stereocenters. The molecule has 0 amide bonds. The highest BCUT2D eigenvalue weighted by atomic mass is 15.1. The van der Waals surface area contributed by atoms with Gasteiger partial charge in [-0.05, 0) is 37.3 Å². The molecule has 3 heteroatoms. The van der Waals surface area contributed by atoms with Crippen molar-refractivity contribution in [3.8, 4) is 0 Å². The van der Waals surface area contributed by atoms with Crippen LogP contribution in [-0.2, 0) is 0 Å². The molecule has 0 atom stereocenters. The van der Waals surface area contributed by atoms with Crippen molar-refractivity contribution >= 4 is 22.3 Å². The van der Waals surface area contributed by atoms with Crippen LogP contribution in [-0.4, -0.2) is 18.1 Å². The highest BCUT2D eigenvalue weighted by molar-refractivity contribution is 5.98. The largest absolute Gasteiger partial charge is 0.397 e. The van der Waals surface area contributed by atoms with Crippen LogP contribution < -0.4 is 10.6 Å². The molecule has 19 heavy (non-hydrogen) atoms. The zero-order valence-electron chi connectivity index (χ0n) is 11.5. The van der Waals surface area contributed by atoms with Gasteiger partial charge in [-0.1, -0.05) is 19.1 Å².